The fourth-order valence-electron chi connectivity index (χ4n) is 2.66. The van der Waals surface area contributed by atoms with Gasteiger partial charge in [0.1, 0.15) is 11.5 Å². The van der Waals surface area contributed by atoms with Gasteiger partial charge < -0.3 is 5.32 Å². The molecule has 0 aliphatic carbocycles. The maximum absolute atomic E-state index is 13.1. The summed E-state index contributed by atoms with van der Waals surface area (Å²) in [5.74, 6) is 0.0193. The number of nitrogens with one attached hydrogen (secondary N) is 1. The predicted molar refractivity (Wildman–Crippen MR) is 103 cm³/mol. The largest absolute Gasteiger partial charge is 0.350 e. The third kappa shape index (κ3) is 3.78. The van der Waals surface area contributed by atoms with Gasteiger partial charge in [-0.3, -0.25) is 9.78 Å². The zero-order valence-corrected chi connectivity index (χ0v) is 14.8. The standard InChI is InChI=1S/C21H16FN5O/c22-17-11-9-15(10-12-17)14-24-21-25-19(18-8-4-5-13-23-18)26-27(21)20(28)16-6-2-1-3-7-16/h1-13H,14H2,(H,24,25,26). The number of benzene rings is 2. The van der Waals surface area contributed by atoms with E-state index in [-0.39, 0.29) is 11.7 Å². The van der Waals surface area contributed by atoms with Crippen molar-refractivity contribution < 1.29 is 9.18 Å². The molecule has 0 aliphatic rings. The molecule has 28 heavy (non-hydrogen) atoms. The van der Waals surface area contributed by atoms with Crippen LogP contribution in [0.1, 0.15) is 15.9 Å². The minimum Gasteiger partial charge on any atom is -0.350 e. The molecule has 1 N–H and O–H groups in total. The van der Waals surface area contributed by atoms with Crippen molar-refractivity contribution in [2.75, 3.05) is 5.32 Å². The SMILES string of the molecule is O=C(c1ccccc1)n1nc(-c2ccccn2)nc1NCc1ccc(F)cc1. The van der Waals surface area contributed by atoms with E-state index in [1.54, 1.807) is 54.7 Å². The summed E-state index contributed by atoms with van der Waals surface area (Å²) in [6, 6.07) is 20.3. The number of carbonyl (C=O) groups is 1. The molecule has 0 amide bonds. The van der Waals surface area contributed by atoms with Crippen LogP contribution in [0, 0.1) is 5.82 Å². The third-order valence-corrected chi connectivity index (χ3v) is 4.08. The second-order valence-electron chi connectivity index (χ2n) is 6.04. The van der Waals surface area contributed by atoms with E-state index < -0.39 is 0 Å². The first-order valence-corrected chi connectivity index (χ1v) is 8.67. The highest BCUT2D eigenvalue weighted by Gasteiger charge is 2.19. The van der Waals surface area contributed by atoms with Crippen LogP contribution in [-0.4, -0.2) is 25.7 Å². The highest BCUT2D eigenvalue weighted by Crippen LogP contribution is 2.17. The Labute approximate surface area is 160 Å². The van der Waals surface area contributed by atoms with E-state index in [1.807, 2.05) is 12.1 Å². The van der Waals surface area contributed by atoms with Gasteiger partial charge in [-0.25, -0.2) is 4.39 Å². The molecular weight excluding hydrogens is 357 g/mol. The highest BCUT2D eigenvalue weighted by atomic mass is 19.1. The van der Waals surface area contributed by atoms with Crippen molar-refractivity contribution in [3.63, 3.8) is 0 Å². The fourth-order valence-corrected chi connectivity index (χ4v) is 2.66. The molecule has 4 rings (SSSR count). The number of nitrogens with zero attached hydrogens (tertiary/aromatic N) is 4. The Kier molecular flexibility index (Phi) is 4.88. The van der Waals surface area contributed by atoms with Crippen molar-refractivity contribution in [1.29, 1.82) is 0 Å². The van der Waals surface area contributed by atoms with Gasteiger partial charge in [0.05, 0.1) is 0 Å². The van der Waals surface area contributed by atoms with Crippen LogP contribution < -0.4 is 5.32 Å². The topological polar surface area (TPSA) is 72.7 Å². The van der Waals surface area contributed by atoms with Crippen molar-refractivity contribution in [1.82, 2.24) is 19.7 Å². The van der Waals surface area contributed by atoms with E-state index >= 15 is 0 Å². The molecule has 0 bridgehead atoms. The lowest BCUT2D eigenvalue weighted by Crippen LogP contribution is -2.17. The lowest BCUT2D eigenvalue weighted by Gasteiger charge is -2.07. The molecule has 0 unspecified atom stereocenters. The molecule has 0 radical (unpaired) electrons. The Morgan fingerprint density at radius 1 is 0.964 bits per heavy atom. The zero-order valence-electron chi connectivity index (χ0n) is 14.8. The van der Waals surface area contributed by atoms with E-state index in [0.717, 1.165) is 5.56 Å². The normalized spacial score (nSPS) is 10.6. The first kappa shape index (κ1) is 17.5. The van der Waals surface area contributed by atoms with Gasteiger partial charge in [0.2, 0.25) is 11.8 Å². The number of rotatable bonds is 5. The molecule has 2 heterocycles. The van der Waals surface area contributed by atoms with E-state index in [4.69, 9.17) is 0 Å². The van der Waals surface area contributed by atoms with Gasteiger partial charge in [0.25, 0.3) is 5.91 Å². The molecule has 7 heteroatoms. The minimum atomic E-state index is -0.308. The first-order chi connectivity index (χ1) is 13.7. The van der Waals surface area contributed by atoms with Crippen molar-refractivity contribution in [2.24, 2.45) is 0 Å². The molecule has 0 aliphatic heterocycles. The molecule has 0 atom stereocenters. The number of anilines is 1. The van der Waals surface area contributed by atoms with Crippen LogP contribution in [0.25, 0.3) is 11.5 Å². The van der Waals surface area contributed by atoms with Crippen LogP contribution in [0.15, 0.2) is 79.0 Å². The molecule has 0 saturated carbocycles. The molecule has 2 aromatic heterocycles. The van der Waals surface area contributed by atoms with Crippen LogP contribution in [-0.2, 0) is 6.54 Å². The Hall–Kier alpha value is -3.87. The van der Waals surface area contributed by atoms with Crippen molar-refractivity contribution in [3.05, 3.63) is 95.9 Å². The number of hydrogen-bond donors (Lipinski definition) is 1. The maximum atomic E-state index is 13.1. The molecule has 0 spiro atoms. The third-order valence-electron chi connectivity index (χ3n) is 4.08. The van der Waals surface area contributed by atoms with E-state index in [2.05, 4.69) is 20.4 Å². The number of aromatic nitrogens is 4. The molecule has 138 valence electrons. The molecule has 0 fully saturated rings. The van der Waals surface area contributed by atoms with Crippen molar-refractivity contribution in [2.45, 2.75) is 6.54 Å². The maximum Gasteiger partial charge on any atom is 0.281 e. The van der Waals surface area contributed by atoms with E-state index in [0.29, 0.717) is 29.6 Å². The second-order valence-corrected chi connectivity index (χ2v) is 6.04. The predicted octanol–water partition coefficient (Wildman–Crippen LogP) is 3.78. The summed E-state index contributed by atoms with van der Waals surface area (Å²) in [7, 11) is 0. The second kappa shape index (κ2) is 7.79. The quantitative estimate of drug-likeness (QED) is 0.576. The van der Waals surface area contributed by atoms with Gasteiger partial charge in [-0.1, -0.05) is 36.4 Å². The van der Waals surface area contributed by atoms with Crippen LogP contribution in [0.3, 0.4) is 0 Å². The van der Waals surface area contributed by atoms with Crippen molar-refractivity contribution >= 4 is 11.9 Å². The lowest BCUT2D eigenvalue weighted by atomic mass is 10.2. The summed E-state index contributed by atoms with van der Waals surface area (Å²) in [6.45, 7) is 0.364. The summed E-state index contributed by atoms with van der Waals surface area (Å²) in [5.41, 5.74) is 1.90. The van der Waals surface area contributed by atoms with E-state index in [1.165, 1.54) is 16.8 Å². The monoisotopic (exact) mass is 373 g/mol. The Morgan fingerprint density at radius 2 is 1.71 bits per heavy atom. The Morgan fingerprint density at radius 3 is 2.43 bits per heavy atom. The van der Waals surface area contributed by atoms with Crippen LogP contribution >= 0.6 is 0 Å². The van der Waals surface area contributed by atoms with Crippen LogP contribution in [0.4, 0.5) is 10.3 Å². The first-order valence-electron chi connectivity index (χ1n) is 8.67. The van der Waals surface area contributed by atoms with Crippen molar-refractivity contribution in [3.8, 4) is 11.5 Å². The molecule has 2 aromatic carbocycles. The van der Waals surface area contributed by atoms with Gasteiger partial charge in [0.15, 0.2) is 0 Å². The van der Waals surface area contributed by atoms with Gasteiger partial charge in [-0.2, -0.15) is 9.67 Å². The summed E-state index contributed by atoms with van der Waals surface area (Å²) in [6.07, 6.45) is 1.64. The molecule has 0 saturated heterocycles. The molecular formula is C21H16FN5O. The summed E-state index contributed by atoms with van der Waals surface area (Å²) >= 11 is 0. The number of carbonyl (C=O) groups excluding carboxylic acids is 1. The van der Waals surface area contributed by atoms with Gasteiger partial charge in [0, 0.05) is 18.3 Å². The average molecular weight is 373 g/mol. The van der Waals surface area contributed by atoms with E-state index in [9.17, 15) is 9.18 Å². The van der Waals surface area contributed by atoms with Gasteiger partial charge >= 0.3 is 0 Å². The highest BCUT2D eigenvalue weighted by molar-refractivity contribution is 5.97. The Bertz CT molecular complexity index is 1080. The summed E-state index contributed by atoms with van der Waals surface area (Å²) < 4.78 is 14.3. The lowest BCUT2D eigenvalue weighted by molar-refractivity contribution is 0.0947. The van der Waals surface area contributed by atoms with Gasteiger partial charge in [-0.15, -0.1) is 5.10 Å². The number of halogens is 1. The summed E-state index contributed by atoms with van der Waals surface area (Å²) in [4.78, 5) is 21.6. The number of pyridine rings is 1. The summed E-state index contributed by atoms with van der Waals surface area (Å²) in [5, 5.41) is 7.46. The smallest absolute Gasteiger partial charge is 0.281 e. The fraction of sp³-hybridized carbons (Fsp3) is 0.0476. The average Bonchev–Trinajstić information content (AvgIpc) is 3.18. The Balaban J connectivity index is 1.67. The zero-order chi connectivity index (χ0) is 19.3. The van der Waals surface area contributed by atoms with Gasteiger partial charge in [-0.05, 0) is 42.0 Å². The van der Waals surface area contributed by atoms with Crippen LogP contribution in [0.2, 0.25) is 0 Å². The molecule has 4 aromatic rings. The molecule has 6 nitrogen and oxygen atoms in total. The van der Waals surface area contributed by atoms with Crippen LogP contribution in [0.5, 0.6) is 0 Å². The minimum absolute atomic E-state index is 0.291. The number of hydrogen-bond acceptors (Lipinski definition) is 5.